The van der Waals surface area contributed by atoms with Crippen LogP contribution in [0.5, 0.6) is 0 Å². The lowest BCUT2D eigenvalue weighted by Crippen LogP contribution is -2.27. The van der Waals surface area contributed by atoms with Gasteiger partial charge in [-0.1, -0.05) is 34.8 Å². The van der Waals surface area contributed by atoms with Crippen molar-refractivity contribution in [3.63, 3.8) is 0 Å². The van der Waals surface area contributed by atoms with E-state index in [0.717, 1.165) is 0 Å². The molecule has 2 aromatic carbocycles. The predicted molar refractivity (Wildman–Crippen MR) is 105 cm³/mol. The molecule has 0 aromatic heterocycles. The van der Waals surface area contributed by atoms with Gasteiger partial charge in [0.15, 0.2) is 0 Å². The lowest BCUT2D eigenvalue weighted by molar-refractivity contribution is 0.0952. The standard InChI is InChI=1S/C17H16Cl3N3O3/c18-10-2-3-14(16(25)21-4-1-5-24)15(9-10)23-17(26)22-13-7-11(19)6-12(20)8-13/h2-3,6-9,24H,1,4-5H2,(H,21,25)(H2,22,23,26). The van der Waals surface area contributed by atoms with Crippen LogP contribution in [0.4, 0.5) is 16.2 Å². The van der Waals surface area contributed by atoms with E-state index in [2.05, 4.69) is 16.0 Å². The van der Waals surface area contributed by atoms with Crippen LogP contribution >= 0.6 is 34.8 Å². The van der Waals surface area contributed by atoms with Crippen LogP contribution in [0.1, 0.15) is 16.8 Å². The molecule has 0 fully saturated rings. The van der Waals surface area contributed by atoms with Crippen molar-refractivity contribution in [3.8, 4) is 0 Å². The number of nitrogens with one attached hydrogen (secondary N) is 3. The molecule has 4 N–H and O–H groups in total. The Balaban J connectivity index is 2.13. The molecule has 0 atom stereocenters. The van der Waals surface area contributed by atoms with Gasteiger partial charge in [-0.3, -0.25) is 4.79 Å². The molecular weight excluding hydrogens is 401 g/mol. The van der Waals surface area contributed by atoms with E-state index < -0.39 is 11.9 Å². The third kappa shape index (κ3) is 6.07. The molecule has 0 unspecified atom stereocenters. The largest absolute Gasteiger partial charge is 0.396 e. The highest BCUT2D eigenvalue weighted by molar-refractivity contribution is 6.35. The molecule has 26 heavy (non-hydrogen) atoms. The van der Waals surface area contributed by atoms with Crippen molar-refractivity contribution in [2.75, 3.05) is 23.8 Å². The summed E-state index contributed by atoms with van der Waals surface area (Å²) < 4.78 is 0. The number of hydrogen-bond donors (Lipinski definition) is 4. The molecule has 9 heteroatoms. The van der Waals surface area contributed by atoms with E-state index in [9.17, 15) is 9.59 Å². The molecule has 2 aromatic rings. The molecule has 2 rings (SSSR count). The van der Waals surface area contributed by atoms with Crippen LogP contribution in [-0.2, 0) is 0 Å². The van der Waals surface area contributed by atoms with Crippen LogP contribution in [0.2, 0.25) is 15.1 Å². The second kappa shape index (κ2) is 9.64. The number of urea groups is 1. The summed E-state index contributed by atoms with van der Waals surface area (Å²) >= 11 is 17.8. The highest BCUT2D eigenvalue weighted by Gasteiger charge is 2.14. The summed E-state index contributed by atoms with van der Waals surface area (Å²) in [6.45, 7) is 0.279. The van der Waals surface area contributed by atoms with Gasteiger partial charge in [-0.05, 0) is 42.8 Å². The van der Waals surface area contributed by atoms with Crippen LogP contribution < -0.4 is 16.0 Å². The summed E-state index contributed by atoms with van der Waals surface area (Å²) in [6, 6.07) is 8.53. The number of carbonyl (C=O) groups is 2. The number of halogens is 3. The Morgan fingerprint density at radius 1 is 0.923 bits per heavy atom. The van der Waals surface area contributed by atoms with Gasteiger partial charge in [0.2, 0.25) is 0 Å². The molecule has 6 nitrogen and oxygen atoms in total. The zero-order chi connectivity index (χ0) is 19.1. The fraction of sp³-hybridized carbons (Fsp3) is 0.176. The van der Waals surface area contributed by atoms with Crippen molar-refractivity contribution in [3.05, 3.63) is 57.0 Å². The Hall–Kier alpha value is -1.99. The highest BCUT2D eigenvalue weighted by atomic mass is 35.5. The number of rotatable bonds is 6. The van der Waals surface area contributed by atoms with Crippen LogP contribution in [0.3, 0.4) is 0 Å². The van der Waals surface area contributed by atoms with Gasteiger partial charge in [-0.2, -0.15) is 0 Å². The minimum absolute atomic E-state index is 0.0311. The van der Waals surface area contributed by atoms with E-state index in [1.54, 1.807) is 6.07 Å². The Labute approximate surface area is 165 Å². The van der Waals surface area contributed by atoms with Gasteiger partial charge in [0.05, 0.1) is 11.3 Å². The molecule has 0 aliphatic rings. The SMILES string of the molecule is O=C(Nc1cc(Cl)cc(Cl)c1)Nc1cc(Cl)ccc1C(=O)NCCCO. The maximum Gasteiger partial charge on any atom is 0.323 e. The van der Waals surface area contributed by atoms with Gasteiger partial charge in [-0.25, -0.2) is 4.79 Å². The Morgan fingerprint density at radius 2 is 1.62 bits per heavy atom. The summed E-state index contributed by atoms with van der Waals surface area (Å²) in [5.41, 5.74) is 0.882. The lowest BCUT2D eigenvalue weighted by Gasteiger charge is -2.13. The third-order valence-corrected chi connectivity index (χ3v) is 3.89. The average Bonchev–Trinajstić information content (AvgIpc) is 2.53. The van der Waals surface area contributed by atoms with E-state index in [4.69, 9.17) is 39.9 Å². The van der Waals surface area contributed by atoms with Crippen LogP contribution in [0.15, 0.2) is 36.4 Å². The Morgan fingerprint density at radius 3 is 2.27 bits per heavy atom. The van der Waals surface area contributed by atoms with Crippen molar-refractivity contribution in [1.29, 1.82) is 0 Å². The summed E-state index contributed by atoms with van der Waals surface area (Å²) in [4.78, 5) is 24.5. The quantitative estimate of drug-likeness (QED) is 0.526. The van der Waals surface area contributed by atoms with Gasteiger partial charge in [0.1, 0.15) is 0 Å². The van der Waals surface area contributed by atoms with Gasteiger partial charge in [0, 0.05) is 33.9 Å². The van der Waals surface area contributed by atoms with E-state index in [-0.39, 0.29) is 17.9 Å². The first kappa shape index (κ1) is 20.3. The minimum atomic E-state index is -0.588. The first-order valence-corrected chi connectivity index (χ1v) is 8.75. The lowest BCUT2D eigenvalue weighted by atomic mass is 10.1. The van der Waals surface area contributed by atoms with Gasteiger partial charge in [-0.15, -0.1) is 0 Å². The summed E-state index contributed by atoms with van der Waals surface area (Å²) in [5.74, 6) is -0.392. The minimum Gasteiger partial charge on any atom is -0.396 e. The van der Waals surface area contributed by atoms with E-state index >= 15 is 0 Å². The normalized spacial score (nSPS) is 10.3. The molecule has 138 valence electrons. The van der Waals surface area contributed by atoms with E-state index in [1.807, 2.05) is 0 Å². The van der Waals surface area contributed by atoms with E-state index in [1.165, 1.54) is 30.3 Å². The fourth-order valence-corrected chi connectivity index (χ4v) is 2.80. The second-order valence-electron chi connectivity index (χ2n) is 5.26. The summed E-state index contributed by atoms with van der Waals surface area (Å²) in [6.07, 6.45) is 0.429. The Bertz CT molecular complexity index is 795. The number of aliphatic hydroxyl groups is 1. The number of benzene rings is 2. The summed E-state index contributed by atoms with van der Waals surface area (Å²) in [5, 5.41) is 17.7. The van der Waals surface area contributed by atoms with E-state index in [0.29, 0.717) is 33.7 Å². The molecule has 0 heterocycles. The Kier molecular flexibility index (Phi) is 7.53. The first-order valence-electron chi connectivity index (χ1n) is 7.62. The second-order valence-corrected chi connectivity index (χ2v) is 6.57. The monoisotopic (exact) mass is 415 g/mol. The third-order valence-electron chi connectivity index (χ3n) is 3.22. The molecule has 0 saturated heterocycles. The first-order chi connectivity index (χ1) is 12.4. The summed E-state index contributed by atoms with van der Waals surface area (Å²) in [7, 11) is 0. The highest BCUT2D eigenvalue weighted by Crippen LogP contribution is 2.24. The smallest absolute Gasteiger partial charge is 0.323 e. The molecule has 3 amide bonds. The molecule has 0 spiro atoms. The van der Waals surface area contributed by atoms with Gasteiger partial charge in [0.25, 0.3) is 5.91 Å². The zero-order valence-electron chi connectivity index (χ0n) is 13.5. The van der Waals surface area contributed by atoms with Gasteiger partial charge < -0.3 is 21.1 Å². The zero-order valence-corrected chi connectivity index (χ0v) is 15.8. The molecule has 0 bridgehead atoms. The van der Waals surface area contributed by atoms with Crippen molar-refractivity contribution < 1.29 is 14.7 Å². The maximum absolute atomic E-state index is 12.2. The number of aliphatic hydroxyl groups excluding tert-OH is 1. The average molecular weight is 417 g/mol. The number of anilines is 2. The molecule has 0 radical (unpaired) electrons. The molecule has 0 aliphatic heterocycles. The van der Waals surface area contributed by atoms with Crippen LogP contribution in [0, 0.1) is 0 Å². The molecule has 0 saturated carbocycles. The van der Waals surface area contributed by atoms with Crippen molar-refractivity contribution >= 4 is 58.1 Å². The fourth-order valence-electron chi connectivity index (χ4n) is 2.10. The molecule has 0 aliphatic carbocycles. The van der Waals surface area contributed by atoms with Crippen LogP contribution in [-0.4, -0.2) is 30.2 Å². The van der Waals surface area contributed by atoms with Crippen LogP contribution in [0.25, 0.3) is 0 Å². The van der Waals surface area contributed by atoms with Crippen molar-refractivity contribution in [1.82, 2.24) is 5.32 Å². The van der Waals surface area contributed by atoms with Gasteiger partial charge >= 0.3 is 6.03 Å². The van der Waals surface area contributed by atoms with Crippen molar-refractivity contribution in [2.45, 2.75) is 6.42 Å². The number of amides is 3. The predicted octanol–water partition coefficient (Wildman–Crippen LogP) is 4.40. The molecular formula is C17H16Cl3N3O3. The number of hydrogen-bond acceptors (Lipinski definition) is 3. The maximum atomic E-state index is 12.2. The topological polar surface area (TPSA) is 90.5 Å². The van der Waals surface area contributed by atoms with Crippen molar-refractivity contribution in [2.24, 2.45) is 0 Å². The number of carbonyl (C=O) groups excluding carboxylic acids is 2.